The van der Waals surface area contributed by atoms with Crippen LogP contribution in [0.2, 0.25) is 0 Å². The minimum atomic E-state index is -0.539. The van der Waals surface area contributed by atoms with Gasteiger partial charge in [0.15, 0.2) is 0 Å². The number of esters is 1. The molecule has 0 atom stereocenters. The molecule has 5 heteroatoms. The van der Waals surface area contributed by atoms with E-state index in [0.717, 1.165) is 0 Å². The molecule has 0 heterocycles. The Labute approximate surface area is 124 Å². The first-order valence-corrected chi connectivity index (χ1v) is 6.53. The number of amides is 1. The van der Waals surface area contributed by atoms with Crippen molar-refractivity contribution < 1.29 is 14.3 Å². The Morgan fingerprint density at radius 3 is 2.29 bits per heavy atom. The second-order valence-corrected chi connectivity index (χ2v) is 5.43. The first kappa shape index (κ1) is 16.6. The van der Waals surface area contributed by atoms with Crippen LogP contribution in [-0.2, 0) is 9.53 Å². The summed E-state index contributed by atoms with van der Waals surface area (Å²) in [5, 5.41) is 2.67. The van der Waals surface area contributed by atoms with Crippen LogP contribution in [0.5, 0.6) is 0 Å². The van der Waals surface area contributed by atoms with E-state index in [1.165, 1.54) is 6.20 Å². The van der Waals surface area contributed by atoms with Crippen LogP contribution in [-0.4, -0.2) is 23.2 Å². The number of rotatable bonds is 4. The molecule has 21 heavy (non-hydrogen) atoms. The molecular formula is C16H20N2O3. The molecule has 0 bridgehead atoms. The van der Waals surface area contributed by atoms with Gasteiger partial charge < -0.3 is 10.1 Å². The standard InChI is InChI=1S/C16H20N2O3/c1-6-17-11(2)14(19)18-13-9-7-12(8-10-13)15(20)21-16(3,4)5/h6-10H,1H2,2-5H3,(H,18,19). The van der Waals surface area contributed by atoms with Crippen LogP contribution in [0, 0.1) is 0 Å². The highest BCUT2D eigenvalue weighted by molar-refractivity contribution is 6.42. The highest BCUT2D eigenvalue weighted by atomic mass is 16.6. The molecule has 1 aromatic rings. The predicted octanol–water partition coefficient (Wildman–Crippen LogP) is 3.18. The van der Waals surface area contributed by atoms with Gasteiger partial charge in [0, 0.05) is 11.9 Å². The van der Waals surface area contributed by atoms with E-state index in [4.69, 9.17) is 4.74 Å². The van der Waals surface area contributed by atoms with Crippen molar-refractivity contribution >= 4 is 23.3 Å². The third kappa shape index (κ3) is 5.60. The Morgan fingerprint density at radius 2 is 1.81 bits per heavy atom. The highest BCUT2D eigenvalue weighted by Gasteiger charge is 2.17. The zero-order valence-corrected chi connectivity index (χ0v) is 12.8. The molecule has 0 spiro atoms. The first-order chi connectivity index (χ1) is 9.73. The minimum Gasteiger partial charge on any atom is -0.456 e. The third-order valence-corrected chi connectivity index (χ3v) is 2.39. The molecule has 0 aromatic heterocycles. The number of benzene rings is 1. The fourth-order valence-electron chi connectivity index (χ4n) is 1.44. The van der Waals surface area contributed by atoms with Gasteiger partial charge in [-0.15, -0.1) is 0 Å². The number of aliphatic imine (C=N–C) groups is 1. The Morgan fingerprint density at radius 1 is 1.24 bits per heavy atom. The van der Waals surface area contributed by atoms with Gasteiger partial charge in [0.25, 0.3) is 5.91 Å². The van der Waals surface area contributed by atoms with Crippen molar-refractivity contribution in [3.8, 4) is 0 Å². The lowest BCUT2D eigenvalue weighted by molar-refractivity contribution is -0.110. The lowest BCUT2D eigenvalue weighted by atomic mass is 10.1. The van der Waals surface area contributed by atoms with Gasteiger partial charge in [-0.3, -0.25) is 9.79 Å². The van der Waals surface area contributed by atoms with Crippen molar-refractivity contribution in [2.24, 2.45) is 4.99 Å². The number of anilines is 1. The van der Waals surface area contributed by atoms with Crippen LogP contribution < -0.4 is 5.32 Å². The molecule has 1 rings (SSSR count). The van der Waals surface area contributed by atoms with Crippen molar-refractivity contribution in [2.45, 2.75) is 33.3 Å². The summed E-state index contributed by atoms with van der Waals surface area (Å²) in [4.78, 5) is 27.4. The number of hydrogen-bond donors (Lipinski definition) is 1. The number of nitrogens with one attached hydrogen (secondary N) is 1. The van der Waals surface area contributed by atoms with E-state index in [1.807, 2.05) is 0 Å². The molecule has 1 aromatic carbocycles. The summed E-state index contributed by atoms with van der Waals surface area (Å²) in [6.07, 6.45) is 1.31. The Balaban J connectivity index is 2.75. The molecule has 112 valence electrons. The molecule has 1 amide bonds. The monoisotopic (exact) mass is 288 g/mol. The fraction of sp³-hybridized carbons (Fsp3) is 0.312. The van der Waals surface area contributed by atoms with Gasteiger partial charge in [0.2, 0.25) is 0 Å². The van der Waals surface area contributed by atoms with Crippen LogP contribution in [0.15, 0.2) is 42.0 Å². The molecule has 0 aliphatic heterocycles. The minimum absolute atomic E-state index is 0.307. The van der Waals surface area contributed by atoms with Crippen LogP contribution in [0.25, 0.3) is 0 Å². The smallest absolute Gasteiger partial charge is 0.338 e. The van der Waals surface area contributed by atoms with E-state index in [2.05, 4.69) is 16.9 Å². The SMILES string of the molecule is C=CN=C(C)C(=O)Nc1ccc(C(=O)OC(C)(C)C)cc1. The lowest BCUT2D eigenvalue weighted by Crippen LogP contribution is -2.24. The zero-order valence-electron chi connectivity index (χ0n) is 12.8. The molecule has 0 radical (unpaired) electrons. The highest BCUT2D eigenvalue weighted by Crippen LogP contribution is 2.14. The molecule has 0 saturated heterocycles. The van der Waals surface area contributed by atoms with Gasteiger partial charge in [-0.1, -0.05) is 6.58 Å². The average molecular weight is 288 g/mol. The molecule has 0 fully saturated rings. The van der Waals surface area contributed by atoms with Gasteiger partial charge >= 0.3 is 5.97 Å². The lowest BCUT2D eigenvalue weighted by Gasteiger charge is -2.19. The number of carbonyl (C=O) groups excluding carboxylic acids is 2. The van der Waals surface area contributed by atoms with Crippen molar-refractivity contribution in [1.29, 1.82) is 0 Å². The maximum absolute atomic E-state index is 11.8. The van der Waals surface area contributed by atoms with E-state index in [0.29, 0.717) is 17.0 Å². The Hall–Kier alpha value is -2.43. The first-order valence-electron chi connectivity index (χ1n) is 6.53. The van der Waals surface area contributed by atoms with Crippen molar-refractivity contribution in [2.75, 3.05) is 5.32 Å². The molecular weight excluding hydrogens is 268 g/mol. The Bertz CT molecular complexity index is 566. The topological polar surface area (TPSA) is 67.8 Å². The molecule has 0 aliphatic carbocycles. The quantitative estimate of drug-likeness (QED) is 0.683. The molecule has 0 saturated carbocycles. The van der Waals surface area contributed by atoms with Gasteiger partial charge in [-0.2, -0.15) is 0 Å². The van der Waals surface area contributed by atoms with E-state index in [-0.39, 0.29) is 5.91 Å². The zero-order chi connectivity index (χ0) is 16.0. The van der Waals surface area contributed by atoms with Gasteiger partial charge in [0.1, 0.15) is 11.3 Å². The summed E-state index contributed by atoms with van der Waals surface area (Å²) in [5.74, 6) is -0.718. The summed E-state index contributed by atoms with van der Waals surface area (Å²) in [6, 6.07) is 6.48. The molecule has 0 unspecified atom stereocenters. The van der Waals surface area contributed by atoms with Crippen molar-refractivity contribution in [3.05, 3.63) is 42.6 Å². The summed E-state index contributed by atoms with van der Waals surface area (Å²) in [6.45, 7) is 10.4. The largest absolute Gasteiger partial charge is 0.456 e. The van der Waals surface area contributed by atoms with Crippen LogP contribution >= 0.6 is 0 Å². The van der Waals surface area contributed by atoms with E-state index in [9.17, 15) is 9.59 Å². The maximum atomic E-state index is 11.8. The van der Waals surface area contributed by atoms with Crippen molar-refractivity contribution in [3.63, 3.8) is 0 Å². The van der Waals surface area contributed by atoms with E-state index in [1.54, 1.807) is 52.0 Å². The maximum Gasteiger partial charge on any atom is 0.338 e. The summed E-state index contributed by atoms with van der Waals surface area (Å²) >= 11 is 0. The van der Waals surface area contributed by atoms with Gasteiger partial charge in [-0.25, -0.2) is 4.79 Å². The number of nitrogens with zero attached hydrogens (tertiary/aromatic N) is 1. The summed E-state index contributed by atoms with van der Waals surface area (Å²) < 4.78 is 5.26. The molecule has 1 N–H and O–H groups in total. The number of ether oxygens (including phenoxy) is 1. The van der Waals surface area contributed by atoms with E-state index >= 15 is 0 Å². The normalized spacial score (nSPS) is 11.7. The van der Waals surface area contributed by atoms with Gasteiger partial charge in [-0.05, 0) is 52.0 Å². The summed E-state index contributed by atoms with van der Waals surface area (Å²) in [5.41, 5.74) is 0.772. The predicted molar refractivity (Wildman–Crippen MR) is 83.5 cm³/mol. The molecule has 0 aliphatic rings. The van der Waals surface area contributed by atoms with Gasteiger partial charge in [0.05, 0.1) is 5.56 Å². The van der Waals surface area contributed by atoms with Crippen LogP contribution in [0.3, 0.4) is 0 Å². The average Bonchev–Trinajstić information content (AvgIpc) is 2.37. The van der Waals surface area contributed by atoms with Crippen LogP contribution in [0.4, 0.5) is 5.69 Å². The van der Waals surface area contributed by atoms with Crippen molar-refractivity contribution in [1.82, 2.24) is 0 Å². The number of hydrogen-bond acceptors (Lipinski definition) is 4. The van der Waals surface area contributed by atoms with Crippen LogP contribution in [0.1, 0.15) is 38.1 Å². The third-order valence-electron chi connectivity index (χ3n) is 2.39. The Kier molecular flexibility index (Phi) is 5.41. The van der Waals surface area contributed by atoms with E-state index < -0.39 is 11.6 Å². The summed E-state index contributed by atoms with van der Waals surface area (Å²) in [7, 11) is 0. The second kappa shape index (κ2) is 6.83. The molecule has 5 nitrogen and oxygen atoms in total. The number of carbonyl (C=O) groups is 2. The second-order valence-electron chi connectivity index (χ2n) is 5.43. The fourth-order valence-corrected chi connectivity index (χ4v) is 1.44.